The number of rotatable bonds is 18. The minimum atomic E-state index is -2.27. The van der Waals surface area contributed by atoms with Crippen molar-refractivity contribution >= 4 is 25.0 Å². The number of hydrogen-bond donors (Lipinski definition) is 2. The molecule has 1 heterocycles. The van der Waals surface area contributed by atoms with Gasteiger partial charge in [-0.3, -0.25) is 0 Å². The van der Waals surface area contributed by atoms with Crippen LogP contribution in [0, 0.1) is 0 Å². The molecule has 7 nitrogen and oxygen atoms in total. The molecule has 1 aliphatic heterocycles. The Labute approximate surface area is 316 Å². The first-order chi connectivity index (χ1) is 22.8. The van der Waals surface area contributed by atoms with Crippen LogP contribution in [0.25, 0.3) is 0 Å². The Morgan fingerprint density at radius 2 is 1.41 bits per heavy atom. The van der Waals surface area contributed by atoms with Crippen LogP contribution in [0.3, 0.4) is 0 Å². The molecule has 10 heteroatoms. The van der Waals surface area contributed by atoms with Crippen molar-refractivity contribution in [2.75, 3.05) is 13.2 Å². The Morgan fingerprint density at radius 1 is 0.882 bits per heavy atom. The summed E-state index contributed by atoms with van der Waals surface area (Å²) in [5, 5.41) is 23.6. The molecular formula is C41H78O7Si3. The fourth-order valence-corrected chi connectivity index (χ4v) is 9.30. The monoisotopic (exact) mass is 767 g/mol. The van der Waals surface area contributed by atoms with Gasteiger partial charge in [0.2, 0.25) is 0 Å². The zero-order chi connectivity index (χ0) is 39.5. The van der Waals surface area contributed by atoms with Gasteiger partial charge in [0.05, 0.1) is 49.3 Å². The molecule has 0 radical (unpaired) electrons. The Hall–Kier alpha value is -0.669. The Balaban J connectivity index is 2.34. The molecule has 2 N–H and O–H groups in total. The van der Waals surface area contributed by atoms with Gasteiger partial charge in [-0.25, -0.2) is 0 Å². The van der Waals surface area contributed by atoms with Gasteiger partial charge in [0.1, 0.15) is 6.10 Å². The topological polar surface area (TPSA) is 86.6 Å². The van der Waals surface area contributed by atoms with E-state index in [1.54, 1.807) is 6.92 Å². The van der Waals surface area contributed by atoms with Crippen LogP contribution in [-0.2, 0) is 29.4 Å². The molecule has 2 rings (SSSR count). The molecule has 0 unspecified atom stereocenters. The number of aliphatic hydroxyl groups is 2. The third kappa shape index (κ3) is 13.2. The highest BCUT2D eigenvalue weighted by molar-refractivity contribution is 6.75. The van der Waals surface area contributed by atoms with Crippen LogP contribution >= 0.6 is 0 Å². The summed E-state index contributed by atoms with van der Waals surface area (Å²) < 4.78 is 34.1. The first-order valence-corrected chi connectivity index (χ1v) is 27.9. The second-order valence-electron chi connectivity index (χ2n) is 20.5. The minimum absolute atomic E-state index is 0.0115. The maximum atomic E-state index is 12.0. The van der Waals surface area contributed by atoms with Crippen molar-refractivity contribution < 1.29 is 33.0 Å². The molecule has 0 spiro atoms. The highest BCUT2D eigenvalue weighted by Gasteiger charge is 2.56. The lowest BCUT2D eigenvalue weighted by atomic mass is 9.88. The lowest BCUT2D eigenvalue weighted by Gasteiger charge is -2.46. The van der Waals surface area contributed by atoms with Gasteiger partial charge < -0.3 is 33.0 Å². The average Bonchev–Trinajstić information content (AvgIpc) is 3.29. The smallest absolute Gasteiger partial charge is 0.192 e. The summed E-state index contributed by atoms with van der Waals surface area (Å²) >= 11 is 0. The SMILES string of the molecule is C=C(CC[C@](C)(O)C[C@@H](O)[C@H]1O[C@@](C)([C@H](CO[Si](C)(C)C(C)(C)C)O[Si](C)(C)C(C)(C)C)C[C@H]1O[Si](C)(C)C(C)(C)C)COCc1ccccc1. The van der Waals surface area contributed by atoms with E-state index in [9.17, 15) is 10.2 Å². The molecule has 296 valence electrons. The van der Waals surface area contributed by atoms with Crippen LogP contribution in [0.15, 0.2) is 42.5 Å². The Kier molecular flexibility index (Phi) is 15.5. The molecule has 6 atom stereocenters. The van der Waals surface area contributed by atoms with Gasteiger partial charge in [-0.1, -0.05) is 105 Å². The summed E-state index contributed by atoms with van der Waals surface area (Å²) in [6, 6.07) is 10.1. The predicted molar refractivity (Wildman–Crippen MR) is 221 cm³/mol. The van der Waals surface area contributed by atoms with Gasteiger partial charge in [0, 0.05) is 12.8 Å². The van der Waals surface area contributed by atoms with Crippen LogP contribution in [-0.4, -0.2) is 84.0 Å². The maximum Gasteiger partial charge on any atom is 0.192 e. The van der Waals surface area contributed by atoms with E-state index in [1.807, 2.05) is 30.3 Å². The number of aliphatic hydroxyl groups excluding tert-OH is 1. The van der Waals surface area contributed by atoms with Crippen molar-refractivity contribution in [2.24, 2.45) is 0 Å². The number of ether oxygens (including phenoxy) is 2. The van der Waals surface area contributed by atoms with Crippen molar-refractivity contribution in [3.63, 3.8) is 0 Å². The van der Waals surface area contributed by atoms with Gasteiger partial charge >= 0.3 is 0 Å². The lowest BCUT2D eigenvalue weighted by Crippen LogP contribution is -2.55. The van der Waals surface area contributed by atoms with Crippen molar-refractivity contribution in [2.45, 2.75) is 198 Å². The molecule has 1 aromatic rings. The van der Waals surface area contributed by atoms with E-state index in [4.69, 9.17) is 22.8 Å². The quantitative estimate of drug-likeness (QED) is 0.114. The largest absolute Gasteiger partial charge is 0.414 e. The van der Waals surface area contributed by atoms with Gasteiger partial charge in [-0.05, 0) is 86.6 Å². The van der Waals surface area contributed by atoms with Crippen molar-refractivity contribution in [1.82, 2.24) is 0 Å². The fourth-order valence-electron chi connectivity index (χ4n) is 5.59. The molecule has 1 saturated heterocycles. The number of benzene rings is 1. The van der Waals surface area contributed by atoms with Gasteiger partial charge in [0.15, 0.2) is 25.0 Å². The molecule has 0 saturated carbocycles. The summed E-state index contributed by atoms with van der Waals surface area (Å²) in [4.78, 5) is 0. The standard InChI is InChI=1S/C41H78O7Si3/c1-31(28-44-29-32-22-20-19-21-23-32)24-25-40(11,43)26-33(42)36-34(47-50(15,16)38(5,6)7)27-41(12,46-36)35(48-51(17,18)39(8,9)10)30-45-49(13,14)37(2,3)4/h19-23,33-36,42-43H,1,24-30H2,2-18H3/t33-,34-,35+,36-,40+,41-/m1/s1. The van der Waals surface area contributed by atoms with E-state index < -0.39 is 48.4 Å². The van der Waals surface area contributed by atoms with Crippen LogP contribution in [0.1, 0.15) is 107 Å². The molecule has 1 aliphatic rings. The Bertz CT molecular complexity index is 1240. The van der Waals surface area contributed by atoms with Crippen molar-refractivity contribution in [3.05, 3.63) is 48.0 Å². The molecule has 51 heavy (non-hydrogen) atoms. The fraction of sp³-hybridized carbons (Fsp3) is 0.805. The third-order valence-corrected chi connectivity index (χ3v) is 25.9. The molecule has 0 aromatic heterocycles. The molecule has 1 fully saturated rings. The summed E-state index contributed by atoms with van der Waals surface area (Å²) in [5.74, 6) is 0. The van der Waals surface area contributed by atoms with E-state index in [1.165, 1.54) is 0 Å². The maximum absolute atomic E-state index is 12.0. The zero-order valence-corrected chi connectivity index (χ0v) is 38.8. The van der Waals surface area contributed by atoms with Crippen molar-refractivity contribution in [3.8, 4) is 0 Å². The summed E-state index contributed by atoms with van der Waals surface area (Å²) in [5.41, 5.74) is 0.111. The normalized spacial score (nSPS) is 23.6. The van der Waals surface area contributed by atoms with Gasteiger partial charge in [-0.15, -0.1) is 0 Å². The van der Waals surface area contributed by atoms with Crippen LogP contribution in [0.2, 0.25) is 54.4 Å². The molecular weight excluding hydrogens is 689 g/mol. The van der Waals surface area contributed by atoms with Crippen LogP contribution < -0.4 is 0 Å². The van der Waals surface area contributed by atoms with E-state index in [0.717, 1.165) is 11.1 Å². The van der Waals surface area contributed by atoms with Crippen LogP contribution in [0.4, 0.5) is 0 Å². The summed E-state index contributed by atoms with van der Waals surface area (Å²) in [6.07, 6.45) is -0.532. The van der Waals surface area contributed by atoms with Crippen LogP contribution in [0.5, 0.6) is 0 Å². The van der Waals surface area contributed by atoms with E-state index in [0.29, 0.717) is 39.1 Å². The highest BCUT2D eigenvalue weighted by Crippen LogP contribution is 2.47. The highest BCUT2D eigenvalue weighted by atomic mass is 28.4. The van der Waals surface area contributed by atoms with Gasteiger partial charge in [0.25, 0.3) is 0 Å². The summed E-state index contributed by atoms with van der Waals surface area (Å²) in [6.45, 7) is 43.3. The zero-order valence-electron chi connectivity index (χ0n) is 35.8. The third-order valence-electron chi connectivity index (χ3n) is 12.4. The molecule has 0 aliphatic carbocycles. The van der Waals surface area contributed by atoms with Crippen molar-refractivity contribution in [1.29, 1.82) is 0 Å². The first-order valence-electron chi connectivity index (χ1n) is 19.2. The molecule has 1 aromatic carbocycles. The number of hydrogen-bond acceptors (Lipinski definition) is 7. The van der Waals surface area contributed by atoms with E-state index >= 15 is 0 Å². The predicted octanol–water partition coefficient (Wildman–Crippen LogP) is 10.4. The minimum Gasteiger partial charge on any atom is -0.414 e. The van der Waals surface area contributed by atoms with E-state index in [-0.39, 0.29) is 33.7 Å². The second kappa shape index (κ2) is 17.0. The first kappa shape index (κ1) is 46.5. The summed E-state index contributed by atoms with van der Waals surface area (Å²) in [7, 11) is -6.64. The van der Waals surface area contributed by atoms with Gasteiger partial charge in [-0.2, -0.15) is 0 Å². The molecule has 0 amide bonds. The molecule has 0 bridgehead atoms. The Morgan fingerprint density at radius 3 is 1.92 bits per heavy atom. The average molecular weight is 767 g/mol. The second-order valence-corrected chi connectivity index (χ2v) is 34.8. The lowest BCUT2D eigenvalue weighted by molar-refractivity contribution is -0.150. The van der Waals surface area contributed by atoms with E-state index in [2.05, 4.69) is 115 Å².